The van der Waals surface area contributed by atoms with E-state index in [0.717, 1.165) is 11.6 Å². The molecule has 3 rings (SSSR count). The van der Waals surface area contributed by atoms with Crippen molar-refractivity contribution in [1.29, 1.82) is 0 Å². The number of nitrogens with zero attached hydrogens (tertiary/aromatic N) is 3. The van der Waals surface area contributed by atoms with Crippen molar-refractivity contribution in [1.82, 2.24) is 4.98 Å². The van der Waals surface area contributed by atoms with E-state index >= 15 is 0 Å². The lowest BCUT2D eigenvalue weighted by Crippen LogP contribution is -2.30. The van der Waals surface area contributed by atoms with Gasteiger partial charge in [0.15, 0.2) is 5.76 Å². The van der Waals surface area contributed by atoms with Gasteiger partial charge >= 0.3 is 5.88 Å². The molecule has 0 bridgehead atoms. The summed E-state index contributed by atoms with van der Waals surface area (Å²) in [5.74, 6) is -0.640. The van der Waals surface area contributed by atoms with E-state index < -0.39 is 16.7 Å². The zero-order valence-corrected chi connectivity index (χ0v) is 12.5. The van der Waals surface area contributed by atoms with Crippen molar-refractivity contribution in [3.05, 3.63) is 88.3 Å². The topological polar surface area (TPSA) is 89.5 Å². The fraction of sp³-hybridized carbons (Fsp3) is 0.0588. The Bertz CT molecular complexity index is 847. The molecular weight excluding hydrogens is 310 g/mol. The highest BCUT2D eigenvalue weighted by atomic mass is 16.6. The molecular formula is C17H13N3O4. The zero-order valence-electron chi connectivity index (χ0n) is 12.5. The van der Waals surface area contributed by atoms with Gasteiger partial charge in [0.05, 0.1) is 12.6 Å². The molecule has 1 amide bonds. The third-order valence-electron chi connectivity index (χ3n) is 3.34. The Balaban J connectivity index is 1.94. The number of amides is 1. The number of hydrogen-bond donors (Lipinski definition) is 0. The van der Waals surface area contributed by atoms with Crippen molar-refractivity contribution in [3.8, 4) is 0 Å². The third kappa shape index (κ3) is 3.30. The first-order valence-corrected chi connectivity index (χ1v) is 7.16. The highest BCUT2D eigenvalue weighted by molar-refractivity contribution is 6.03. The summed E-state index contributed by atoms with van der Waals surface area (Å²) in [5, 5.41) is 10.7. The number of rotatable bonds is 5. The Labute approximate surface area is 137 Å². The molecule has 0 aliphatic carbocycles. The van der Waals surface area contributed by atoms with Crippen LogP contribution in [0.5, 0.6) is 0 Å². The fourth-order valence-electron chi connectivity index (χ4n) is 2.21. The molecule has 120 valence electrons. The second-order valence-electron chi connectivity index (χ2n) is 4.96. The van der Waals surface area contributed by atoms with E-state index in [1.54, 1.807) is 24.4 Å². The van der Waals surface area contributed by atoms with Gasteiger partial charge in [-0.25, -0.2) is 4.98 Å². The van der Waals surface area contributed by atoms with Crippen LogP contribution in [-0.2, 0) is 6.54 Å². The minimum atomic E-state index is -0.681. The van der Waals surface area contributed by atoms with E-state index in [0.29, 0.717) is 5.82 Å². The Kier molecular flexibility index (Phi) is 4.33. The van der Waals surface area contributed by atoms with Gasteiger partial charge < -0.3 is 4.42 Å². The molecule has 0 atom stereocenters. The third-order valence-corrected chi connectivity index (χ3v) is 3.34. The summed E-state index contributed by atoms with van der Waals surface area (Å²) in [6.45, 7) is 0.269. The van der Waals surface area contributed by atoms with Crippen LogP contribution >= 0.6 is 0 Å². The van der Waals surface area contributed by atoms with E-state index in [9.17, 15) is 14.9 Å². The van der Waals surface area contributed by atoms with Crippen molar-refractivity contribution in [3.63, 3.8) is 0 Å². The second kappa shape index (κ2) is 6.74. The molecule has 7 nitrogen and oxygen atoms in total. The van der Waals surface area contributed by atoms with Gasteiger partial charge in [0, 0.05) is 6.20 Å². The van der Waals surface area contributed by atoms with Crippen LogP contribution in [0.15, 0.2) is 71.3 Å². The molecule has 0 spiro atoms. The summed E-state index contributed by atoms with van der Waals surface area (Å²) in [4.78, 5) is 28.4. The first kappa shape index (κ1) is 15.4. The van der Waals surface area contributed by atoms with Crippen molar-refractivity contribution < 1.29 is 14.1 Å². The van der Waals surface area contributed by atoms with Crippen LogP contribution in [0.1, 0.15) is 16.1 Å². The predicted octanol–water partition coefficient (Wildman–Crippen LogP) is 3.43. The number of benzene rings is 1. The molecule has 7 heteroatoms. The van der Waals surface area contributed by atoms with Crippen LogP contribution < -0.4 is 4.90 Å². The number of carbonyl (C=O) groups excluding carboxylic acids is 1. The van der Waals surface area contributed by atoms with Gasteiger partial charge in [-0.3, -0.25) is 19.8 Å². The van der Waals surface area contributed by atoms with Crippen molar-refractivity contribution in [2.75, 3.05) is 4.90 Å². The van der Waals surface area contributed by atoms with Crippen LogP contribution in [0.25, 0.3) is 0 Å². The molecule has 24 heavy (non-hydrogen) atoms. The quantitative estimate of drug-likeness (QED) is 0.530. The predicted molar refractivity (Wildman–Crippen MR) is 86.6 cm³/mol. The standard InChI is InChI=1S/C17H13N3O4/c21-17(14-9-10-16(24-14)20(22)23)19(15-8-4-5-11-18-15)12-13-6-2-1-3-7-13/h1-11H,12H2. The van der Waals surface area contributed by atoms with Gasteiger partial charge in [0.1, 0.15) is 10.7 Å². The largest absolute Gasteiger partial charge is 0.433 e. The number of furan rings is 1. The summed E-state index contributed by atoms with van der Waals surface area (Å²) in [6, 6.07) is 17.0. The lowest BCUT2D eigenvalue weighted by Gasteiger charge is -2.20. The number of carbonyl (C=O) groups is 1. The van der Waals surface area contributed by atoms with Crippen molar-refractivity contribution in [2.45, 2.75) is 6.54 Å². The molecule has 3 aromatic rings. The minimum absolute atomic E-state index is 0.108. The summed E-state index contributed by atoms with van der Waals surface area (Å²) >= 11 is 0. The number of nitro groups is 1. The van der Waals surface area contributed by atoms with Gasteiger partial charge in [-0.15, -0.1) is 0 Å². The molecule has 0 saturated heterocycles. The molecule has 2 heterocycles. The van der Waals surface area contributed by atoms with E-state index in [1.165, 1.54) is 11.0 Å². The summed E-state index contributed by atoms with van der Waals surface area (Å²) in [5.41, 5.74) is 0.901. The normalized spacial score (nSPS) is 10.3. The fourth-order valence-corrected chi connectivity index (χ4v) is 2.21. The molecule has 0 fully saturated rings. The Hall–Kier alpha value is -3.48. The first-order valence-electron chi connectivity index (χ1n) is 7.16. The number of pyridine rings is 1. The van der Waals surface area contributed by atoms with Crippen LogP contribution in [-0.4, -0.2) is 15.8 Å². The van der Waals surface area contributed by atoms with Crippen molar-refractivity contribution in [2.24, 2.45) is 0 Å². The maximum Gasteiger partial charge on any atom is 0.433 e. The lowest BCUT2D eigenvalue weighted by atomic mass is 10.2. The highest BCUT2D eigenvalue weighted by Gasteiger charge is 2.24. The zero-order chi connectivity index (χ0) is 16.9. The molecule has 0 aliphatic rings. The molecule has 1 aromatic carbocycles. The Morgan fingerprint density at radius 3 is 2.46 bits per heavy atom. The molecule has 2 aromatic heterocycles. The van der Waals surface area contributed by atoms with Crippen LogP contribution in [0, 0.1) is 10.1 Å². The number of aromatic nitrogens is 1. The summed E-state index contributed by atoms with van der Waals surface area (Å²) in [7, 11) is 0. The van der Waals surface area contributed by atoms with Crippen LogP contribution in [0.2, 0.25) is 0 Å². The van der Waals surface area contributed by atoms with Crippen LogP contribution in [0.4, 0.5) is 11.7 Å². The average Bonchev–Trinajstić information content (AvgIpc) is 3.11. The maximum absolute atomic E-state index is 12.8. The van der Waals surface area contributed by atoms with Gasteiger partial charge in [-0.05, 0) is 23.8 Å². The van der Waals surface area contributed by atoms with Crippen molar-refractivity contribution >= 4 is 17.6 Å². The highest BCUT2D eigenvalue weighted by Crippen LogP contribution is 2.21. The average molecular weight is 323 g/mol. The second-order valence-corrected chi connectivity index (χ2v) is 4.96. The first-order chi connectivity index (χ1) is 11.6. The van der Waals surface area contributed by atoms with E-state index in [2.05, 4.69) is 4.98 Å². The van der Waals surface area contributed by atoms with E-state index in [-0.39, 0.29) is 12.3 Å². The molecule has 0 unspecified atom stereocenters. The van der Waals surface area contributed by atoms with E-state index in [1.807, 2.05) is 30.3 Å². The lowest BCUT2D eigenvalue weighted by molar-refractivity contribution is -0.402. The molecule has 0 radical (unpaired) electrons. The van der Waals surface area contributed by atoms with Gasteiger partial charge in [0.2, 0.25) is 0 Å². The summed E-state index contributed by atoms with van der Waals surface area (Å²) in [6.07, 6.45) is 1.57. The van der Waals surface area contributed by atoms with Crippen LogP contribution in [0.3, 0.4) is 0 Å². The Morgan fingerprint density at radius 2 is 1.83 bits per heavy atom. The van der Waals surface area contributed by atoms with Gasteiger partial charge in [0.25, 0.3) is 5.91 Å². The Morgan fingerprint density at radius 1 is 1.08 bits per heavy atom. The smallest absolute Gasteiger partial charge is 0.395 e. The number of hydrogen-bond acceptors (Lipinski definition) is 5. The molecule has 0 aliphatic heterocycles. The monoisotopic (exact) mass is 323 g/mol. The van der Waals surface area contributed by atoms with E-state index in [4.69, 9.17) is 4.42 Å². The number of anilines is 1. The maximum atomic E-state index is 12.8. The SMILES string of the molecule is O=C(c1ccc([N+](=O)[O-])o1)N(Cc1ccccc1)c1ccccn1. The van der Waals surface area contributed by atoms with Gasteiger partial charge in [-0.2, -0.15) is 0 Å². The molecule has 0 saturated carbocycles. The molecule has 0 N–H and O–H groups in total. The van der Waals surface area contributed by atoms with Gasteiger partial charge in [-0.1, -0.05) is 36.4 Å². The minimum Gasteiger partial charge on any atom is -0.395 e. The summed E-state index contributed by atoms with van der Waals surface area (Å²) < 4.78 is 5.03.